The molecule has 33 heavy (non-hydrogen) atoms. The van der Waals surface area contributed by atoms with Crippen molar-refractivity contribution in [2.45, 2.75) is 18.9 Å². The van der Waals surface area contributed by atoms with Crippen molar-refractivity contribution in [1.82, 2.24) is 0 Å². The maximum atomic E-state index is 12.8. The molecule has 0 bridgehead atoms. The molecule has 1 aliphatic heterocycles. The Kier molecular flexibility index (Phi) is 7.59. The third kappa shape index (κ3) is 5.10. The number of nitriles is 1. The van der Waals surface area contributed by atoms with Crippen molar-refractivity contribution in [3.05, 3.63) is 87.5 Å². The third-order valence-corrected chi connectivity index (χ3v) is 5.37. The SMILES string of the molecule is COC(=O)CC1=C(C(=O)OC)[C@H](c2ccccc2OCc2ccccc2Cl)C(C#N)=C(N)O1. The second-order valence-electron chi connectivity index (χ2n) is 6.92. The highest BCUT2D eigenvalue weighted by molar-refractivity contribution is 6.31. The van der Waals surface area contributed by atoms with E-state index < -0.39 is 17.9 Å². The van der Waals surface area contributed by atoms with E-state index in [4.69, 9.17) is 36.3 Å². The molecule has 2 aromatic rings. The van der Waals surface area contributed by atoms with Crippen molar-refractivity contribution in [2.75, 3.05) is 14.2 Å². The van der Waals surface area contributed by atoms with Gasteiger partial charge in [0.25, 0.3) is 0 Å². The molecule has 0 aliphatic carbocycles. The second kappa shape index (κ2) is 10.6. The highest BCUT2D eigenvalue weighted by Crippen LogP contribution is 2.44. The zero-order valence-corrected chi connectivity index (χ0v) is 18.7. The Morgan fingerprint density at radius 3 is 2.48 bits per heavy atom. The van der Waals surface area contributed by atoms with Crippen molar-refractivity contribution < 1.29 is 28.5 Å². The largest absolute Gasteiger partial charge is 0.489 e. The number of allylic oxidation sites excluding steroid dienone is 1. The van der Waals surface area contributed by atoms with E-state index in [9.17, 15) is 14.9 Å². The zero-order valence-electron chi connectivity index (χ0n) is 18.0. The molecule has 2 aromatic carbocycles. The van der Waals surface area contributed by atoms with E-state index in [1.54, 1.807) is 30.3 Å². The van der Waals surface area contributed by atoms with Crippen LogP contribution in [-0.2, 0) is 30.4 Å². The molecule has 1 aliphatic rings. The van der Waals surface area contributed by atoms with Gasteiger partial charge in [-0.3, -0.25) is 4.79 Å². The number of benzene rings is 2. The summed E-state index contributed by atoms with van der Waals surface area (Å²) in [5, 5.41) is 10.4. The lowest BCUT2D eigenvalue weighted by molar-refractivity contribution is -0.140. The Bertz CT molecular complexity index is 1180. The van der Waals surface area contributed by atoms with Crippen LogP contribution in [0.25, 0.3) is 0 Å². The molecule has 0 saturated carbocycles. The van der Waals surface area contributed by atoms with Gasteiger partial charge >= 0.3 is 11.9 Å². The summed E-state index contributed by atoms with van der Waals surface area (Å²) >= 11 is 6.23. The monoisotopic (exact) mass is 468 g/mol. The molecule has 1 heterocycles. The normalized spacial score (nSPS) is 15.4. The first-order valence-corrected chi connectivity index (χ1v) is 10.2. The highest BCUT2D eigenvalue weighted by Gasteiger charge is 2.39. The van der Waals surface area contributed by atoms with Gasteiger partial charge in [-0.1, -0.05) is 48.0 Å². The molecule has 3 rings (SSSR count). The Labute approximate surface area is 195 Å². The van der Waals surface area contributed by atoms with Crippen LogP contribution < -0.4 is 10.5 Å². The lowest BCUT2D eigenvalue weighted by atomic mass is 9.82. The maximum absolute atomic E-state index is 12.8. The number of nitrogens with two attached hydrogens (primary N) is 1. The summed E-state index contributed by atoms with van der Waals surface area (Å²) < 4.78 is 21.2. The van der Waals surface area contributed by atoms with Crippen molar-refractivity contribution in [1.29, 1.82) is 5.26 Å². The minimum absolute atomic E-state index is 0.0159. The molecule has 0 unspecified atom stereocenters. The smallest absolute Gasteiger partial charge is 0.338 e. The maximum Gasteiger partial charge on any atom is 0.338 e. The van der Waals surface area contributed by atoms with Gasteiger partial charge in [-0.2, -0.15) is 5.26 Å². The predicted octanol–water partition coefficient (Wildman–Crippen LogP) is 3.72. The molecular weight excluding hydrogens is 448 g/mol. The fourth-order valence-corrected chi connectivity index (χ4v) is 3.61. The lowest BCUT2D eigenvalue weighted by Gasteiger charge is -2.28. The van der Waals surface area contributed by atoms with E-state index in [0.29, 0.717) is 16.3 Å². The van der Waals surface area contributed by atoms with Gasteiger partial charge in [0.1, 0.15) is 36.2 Å². The number of halogens is 1. The van der Waals surface area contributed by atoms with E-state index in [0.717, 1.165) is 5.56 Å². The average molecular weight is 469 g/mol. The van der Waals surface area contributed by atoms with Crippen molar-refractivity contribution in [2.24, 2.45) is 5.73 Å². The Hall–Kier alpha value is -3.96. The predicted molar refractivity (Wildman–Crippen MR) is 119 cm³/mol. The van der Waals surface area contributed by atoms with Crippen LogP contribution >= 0.6 is 11.6 Å². The average Bonchev–Trinajstić information content (AvgIpc) is 2.82. The van der Waals surface area contributed by atoms with Crippen LogP contribution in [0.5, 0.6) is 5.75 Å². The molecule has 8 nitrogen and oxygen atoms in total. The summed E-state index contributed by atoms with van der Waals surface area (Å²) in [6, 6.07) is 16.1. The summed E-state index contributed by atoms with van der Waals surface area (Å²) in [6.07, 6.45) is -0.376. The summed E-state index contributed by atoms with van der Waals surface area (Å²) in [5.74, 6) is -2.31. The van der Waals surface area contributed by atoms with Crippen LogP contribution in [0, 0.1) is 11.3 Å². The Morgan fingerprint density at radius 1 is 1.12 bits per heavy atom. The van der Waals surface area contributed by atoms with Gasteiger partial charge in [0, 0.05) is 16.1 Å². The van der Waals surface area contributed by atoms with Crippen molar-refractivity contribution in [3.63, 3.8) is 0 Å². The van der Waals surface area contributed by atoms with Crippen LogP contribution in [0.4, 0.5) is 0 Å². The van der Waals surface area contributed by atoms with Gasteiger partial charge < -0.3 is 24.7 Å². The molecule has 9 heteroatoms. The fraction of sp³-hybridized carbons (Fsp3) is 0.208. The van der Waals surface area contributed by atoms with Crippen LogP contribution in [0.2, 0.25) is 5.02 Å². The van der Waals surface area contributed by atoms with Crippen LogP contribution in [0.1, 0.15) is 23.5 Å². The summed E-state index contributed by atoms with van der Waals surface area (Å²) in [7, 11) is 2.40. The van der Waals surface area contributed by atoms with E-state index >= 15 is 0 Å². The molecule has 0 aromatic heterocycles. The standard InChI is InChI=1S/C24H21ClN2O6/c1-30-20(28)11-19-22(24(29)31-2)21(16(12-26)23(27)33-19)15-8-4-6-10-18(15)32-13-14-7-3-5-9-17(14)25/h3-10,21H,11,13,27H2,1-2H3/t21-/m1/s1. The lowest BCUT2D eigenvalue weighted by Crippen LogP contribution is -2.27. The van der Waals surface area contributed by atoms with E-state index in [-0.39, 0.29) is 35.8 Å². The van der Waals surface area contributed by atoms with Gasteiger partial charge in [0.15, 0.2) is 0 Å². The van der Waals surface area contributed by atoms with Gasteiger partial charge in [-0.25, -0.2) is 4.79 Å². The number of carbonyl (C=O) groups excluding carboxylic acids is 2. The first-order chi connectivity index (χ1) is 15.9. The molecule has 0 amide bonds. The van der Waals surface area contributed by atoms with Gasteiger partial charge in [-0.05, 0) is 12.1 Å². The first kappa shape index (κ1) is 23.7. The molecule has 170 valence electrons. The molecule has 2 N–H and O–H groups in total. The summed E-state index contributed by atoms with van der Waals surface area (Å²) in [6.45, 7) is 0.146. The number of methoxy groups -OCH3 is 2. The highest BCUT2D eigenvalue weighted by atomic mass is 35.5. The summed E-state index contributed by atoms with van der Waals surface area (Å²) in [5.41, 5.74) is 7.17. The number of ether oxygens (including phenoxy) is 4. The van der Waals surface area contributed by atoms with Crippen LogP contribution in [0.15, 0.2) is 71.3 Å². The Balaban J connectivity index is 2.11. The number of hydrogen-bond acceptors (Lipinski definition) is 8. The number of carbonyl (C=O) groups is 2. The minimum atomic E-state index is -0.988. The van der Waals surface area contributed by atoms with Crippen molar-refractivity contribution in [3.8, 4) is 11.8 Å². The zero-order chi connectivity index (χ0) is 24.0. The number of para-hydroxylation sites is 1. The molecule has 0 spiro atoms. The number of nitrogens with zero attached hydrogens (tertiary/aromatic N) is 1. The Morgan fingerprint density at radius 2 is 1.82 bits per heavy atom. The topological polar surface area (TPSA) is 121 Å². The first-order valence-electron chi connectivity index (χ1n) is 9.82. The van der Waals surface area contributed by atoms with E-state index in [2.05, 4.69) is 0 Å². The fourth-order valence-electron chi connectivity index (χ4n) is 3.42. The van der Waals surface area contributed by atoms with Gasteiger partial charge in [0.05, 0.1) is 25.7 Å². The van der Waals surface area contributed by atoms with Crippen LogP contribution in [0.3, 0.4) is 0 Å². The van der Waals surface area contributed by atoms with Crippen molar-refractivity contribution >= 4 is 23.5 Å². The number of esters is 2. The van der Waals surface area contributed by atoms with Gasteiger partial charge in [0.2, 0.25) is 5.88 Å². The molecule has 0 fully saturated rings. The van der Waals surface area contributed by atoms with E-state index in [1.165, 1.54) is 14.2 Å². The summed E-state index contributed by atoms with van der Waals surface area (Å²) in [4.78, 5) is 24.7. The number of hydrogen-bond donors (Lipinski definition) is 1. The molecule has 0 radical (unpaired) electrons. The third-order valence-electron chi connectivity index (χ3n) is 5.01. The quantitative estimate of drug-likeness (QED) is 0.610. The second-order valence-corrected chi connectivity index (χ2v) is 7.33. The molecule has 1 atom stereocenters. The molecule has 0 saturated heterocycles. The minimum Gasteiger partial charge on any atom is -0.489 e. The van der Waals surface area contributed by atoms with Gasteiger partial charge in [-0.15, -0.1) is 0 Å². The molecular formula is C24H21ClN2O6. The van der Waals surface area contributed by atoms with E-state index in [1.807, 2.05) is 24.3 Å². The number of rotatable bonds is 7. The van der Waals surface area contributed by atoms with Crippen LogP contribution in [-0.4, -0.2) is 26.2 Å².